The molecule has 602 valence electrons. The summed E-state index contributed by atoms with van der Waals surface area (Å²) in [5.41, 5.74) is 23.4. The largest absolute Gasteiger partial charge is 0.481 e. The SMILES string of the molecule is CC(C)C[C@H](N)C(=O)N[C@@H](CS)C(=O)N1CCC[C@H]1C(=O)N1CCC[C@H]1C(=O)N[C@H](C(=O)N[C@@H](CCC(=O)O)C(=O)N[C@@H](Cc1ccccc1)C(=O)N[C@@H](CS)C(=O)N[C@@H](CC(=O)O)C(=O)N[C@@H](Cc1cnc[nH]1)C(=O)N[C@@H](Cc1ccccc1)C(=O)N[C@@H](CCCN=C(N)N)C(=O)N[C@@H](CC(=O)O)C(N)=O)[C@@H](C)O. The number of imidazole rings is 1. The summed E-state index contributed by atoms with van der Waals surface area (Å²) >= 11 is 8.53. The normalized spacial score (nSPS) is 17.2. The lowest BCUT2D eigenvalue weighted by atomic mass is 10.0. The number of carbonyl (C=O) groups excluding carboxylic acids is 13. The van der Waals surface area contributed by atoms with E-state index in [9.17, 15) is 97.1 Å². The van der Waals surface area contributed by atoms with E-state index in [4.69, 9.17) is 22.9 Å². The number of H-pyrrole nitrogens is 1. The summed E-state index contributed by atoms with van der Waals surface area (Å²) < 4.78 is 0. The number of hydrogen-bond donors (Lipinski definition) is 21. The Morgan fingerprint density at radius 3 is 1.47 bits per heavy atom. The Balaban J connectivity index is 1.35. The molecule has 0 spiro atoms. The molecule has 3 heterocycles. The number of aliphatic hydroxyl groups is 1. The Morgan fingerprint density at radius 2 is 0.982 bits per heavy atom. The first-order chi connectivity index (χ1) is 52.1. The molecule has 23 N–H and O–H groups in total. The van der Waals surface area contributed by atoms with E-state index in [0.29, 0.717) is 30.4 Å². The van der Waals surface area contributed by atoms with Crippen molar-refractivity contribution in [3.05, 3.63) is 90.0 Å². The molecule has 1 aromatic heterocycles. The highest BCUT2D eigenvalue weighted by Crippen LogP contribution is 2.27. The summed E-state index contributed by atoms with van der Waals surface area (Å²) in [6.07, 6.45) is -2.64. The van der Waals surface area contributed by atoms with E-state index >= 15 is 0 Å². The molecule has 0 unspecified atom stereocenters. The smallest absolute Gasteiger partial charge is 0.305 e. The second-order valence-electron chi connectivity index (χ2n) is 26.9. The fraction of sp³-hybridized carbons (Fsp3) is 0.536. The van der Waals surface area contributed by atoms with E-state index < -0.39 is 217 Å². The van der Waals surface area contributed by atoms with Crippen LogP contribution in [0.15, 0.2) is 78.2 Å². The number of aliphatic carboxylic acids is 3. The summed E-state index contributed by atoms with van der Waals surface area (Å²) in [6.45, 7) is 5.03. The van der Waals surface area contributed by atoms with Crippen LogP contribution in [-0.2, 0) is 96.0 Å². The molecule has 0 saturated carbocycles. The number of carbonyl (C=O) groups is 16. The number of guanidine groups is 1. The predicted octanol–water partition coefficient (Wildman–Crippen LogP) is -5.77. The quantitative estimate of drug-likeness (QED) is 0.0108. The van der Waals surface area contributed by atoms with E-state index in [0.717, 1.165) is 6.92 Å². The molecule has 41 heteroatoms. The third-order valence-electron chi connectivity index (χ3n) is 17.7. The van der Waals surface area contributed by atoms with Gasteiger partial charge in [-0.3, -0.25) is 81.7 Å². The third-order valence-corrected chi connectivity index (χ3v) is 18.5. The zero-order chi connectivity index (χ0) is 81.5. The van der Waals surface area contributed by atoms with Gasteiger partial charge in [0.25, 0.3) is 0 Å². The fourth-order valence-electron chi connectivity index (χ4n) is 12.1. The van der Waals surface area contributed by atoms with Crippen molar-refractivity contribution in [2.24, 2.45) is 33.8 Å². The van der Waals surface area contributed by atoms with Gasteiger partial charge >= 0.3 is 17.9 Å². The minimum atomic E-state index is -2.06. The summed E-state index contributed by atoms with van der Waals surface area (Å²) in [6, 6.07) is -4.17. The third kappa shape index (κ3) is 28.9. The zero-order valence-corrected chi connectivity index (χ0v) is 62.6. The van der Waals surface area contributed by atoms with Gasteiger partial charge in [-0.1, -0.05) is 74.5 Å². The number of primary amides is 1. The summed E-state index contributed by atoms with van der Waals surface area (Å²) in [7, 11) is 0. The van der Waals surface area contributed by atoms with Crippen molar-refractivity contribution >= 4 is 126 Å². The number of nitrogens with zero attached hydrogens (tertiary/aromatic N) is 4. The van der Waals surface area contributed by atoms with Crippen molar-refractivity contribution in [2.45, 2.75) is 195 Å². The van der Waals surface area contributed by atoms with Crippen LogP contribution in [0.3, 0.4) is 0 Å². The van der Waals surface area contributed by atoms with Gasteiger partial charge < -0.3 is 111 Å². The maximum Gasteiger partial charge on any atom is 0.305 e. The lowest BCUT2D eigenvalue weighted by Gasteiger charge is -2.33. The maximum absolute atomic E-state index is 14.6. The topological polar surface area (TPSA) is 626 Å². The number of aromatic amines is 1. The molecule has 2 saturated heterocycles. The molecule has 0 radical (unpaired) electrons. The number of rotatable bonds is 45. The van der Waals surface area contributed by atoms with E-state index in [-0.39, 0.29) is 81.5 Å². The van der Waals surface area contributed by atoms with E-state index in [2.05, 4.69) is 93.4 Å². The first-order valence-electron chi connectivity index (χ1n) is 35.5. The number of nitrogens with one attached hydrogen (secondary N) is 11. The van der Waals surface area contributed by atoms with Crippen molar-refractivity contribution in [3.8, 4) is 0 Å². The molecule has 39 nitrogen and oxygen atoms in total. The highest BCUT2D eigenvalue weighted by molar-refractivity contribution is 7.80. The van der Waals surface area contributed by atoms with Crippen LogP contribution in [-0.4, -0.2) is 257 Å². The molecule has 2 fully saturated rings. The van der Waals surface area contributed by atoms with Crippen LogP contribution >= 0.6 is 25.3 Å². The predicted molar refractivity (Wildman–Crippen MR) is 399 cm³/mol. The number of nitrogens with two attached hydrogens (primary N) is 4. The molecule has 2 aliphatic rings. The average molecular weight is 1580 g/mol. The van der Waals surface area contributed by atoms with E-state index in [1.807, 2.05) is 13.8 Å². The van der Waals surface area contributed by atoms with Gasteiger partial charge in [0.2, 0.25) is 76.8 Å². The Hall–Kier alpha value is -10.9. The highest BCUT2D eigenvalue weighted by Gasteiger charge is 2.45. The number of hydrogen-bond acceptors (Lipinski definition) is 22. The summed E-state index contributed by atoms with van der Waals surface area (Å²) in [4.78, 5) is 232. The molecular formula is C69H99N19O20S2. The molecule has 5 rings (SSSR count). The lowest BCUT2D eigenvalue weighted by molar-refractivity contribution is -0.148. The summed E-state index contributed by atoms with van der Waals surface area (Å²) in [5, 5.41) is 64.6. The van der Waals surface area contributed by atoms with Crippen molar-refractivity contribution in [3.63, 3.8) is 0 Å². The molecule has 110 heavy (non-hydrogen) atoms. The van der Waals surface area contributed by atoms with Crippen molar-refractivity contribution < 1.29 is 97.1 Å². The van der Waals surface area contributed by atoms with Crippen LogP contribution in [0.25, 0.3) is 0 Å². The molecule has 13 amide bonds. The molecule has 3 aromatic rings. The molecule has 2 aliphatic heterocycles. The Labute approximate surface area is 643 Å². The second kappa shape index (κ2) is 44.5. The van der Waals surface area contributed by atoms with Gasteiger partial charge in [0.15, 0.2) is 5.96 Å². The minimum absolute atomic E-state index is 0.0248. The van der Waals surface area contributed by atoms with Gasteiger partial charge in [0.05, 0.1) is 31.3 Å². The number of aliphatic imine (C=N–C) groups is 1. The van der Waals surface area contributed by atoms with Crippen molar-refractivity contribution in [1.82, 2.24) is 72.9 Å². The zero-order valence-electron chi connectivity index (χ0n) is 60.8. The van der Waals surface area contributed by atoms with E-state index in [1.165, 1.54) is 22.3 Å². The standard InChI is InChI=1S/C69H99N19O20S2/c1-35(2)25-40(70)57(97)85-49(33-110)67(107)88-24-12-19-51(88)68(108)87-23-11-18-50(87)65(105)86-55(36(3)89)66(106)78-42(20-21-52(90)91)59(99)80-45(27-38-15-8-5-9-16-38)61(101)84-48(32-109)64(104)83-47(30-54(94)95)63(103)82-46(28-39-31-74-34-76-39)62(102)81-44(26-37-13-6-4-7-14-37)60(100)77-41(17-10-22-75-69(72)73)58(98)79-43(56(71)96)29-53(92)93/h4-9,13-16,31,34-36,40-51,55,89,109-110H,10-12,17-30,32-33,70H2,1-3H3,(H2,71,96)(H,74,76)(H,77,100)(H,78,106)(H,79,98)(H,80,99)(H,81,102)(H,82,103)(H,83,104)(H,84,101)(H,85,97)(H,86,105)(H,90,91)(H,92,93)(H,94,95)(H4,72,73,75)/t36-,40+,41+,42+,43+,44+,45+,46+,47+,48+,49+,50+,51+,55+/m1/s1. The molecule has 0 bridgehead atoms. The number of aliphatic hydroxyl groups excluding tert-OH is 1. The van der Waals surface area contributed by atoms with Crippen LogP contribution in [0, 0.1) is 5.92 Å². The number of carboxylic acid groups (broad SMARTS) is 3. The van der Waals surface area contributed by atoms with Crippen molar-refractivity contribution in [1.29, 1.82) is 0 Å². The first-order valence-corrected chi connectivity index (χ1v) is 36.7. The average Bonchev–Trinajstić information content (AvgIpc) is 1.64. The Bertz CT molecular complexity index is 3750. The van der Waals surface area contributed by atoms with Crippen LogP contribution in [0.2, 0.25) is 0 Å². The number of benzene rings is 2. The lowest BCUT2D eigenvalue weighted by Crippen LogP contribution is -2.62. The van der Waals surface area contributed by atoms with Crippen LogP contribution in [0.5, 0.6) is 0 Å². The van der Waals surface area contributed by atoms with Crippen LogP contribution < -0.4 is 76.1 Å². The van der Waals surface area contributed by atoms with Gasteiger partial charge in [0.1, 0.15) is 72.5 Å². The second-order valence-corrected chi connectivity index (χ2v) is 27.6. The van der Waals surface area contributed by atoms with Crippen LogP contribution in [0.4, 0.5) is 0 Å². The minimum Gasteiger partial charge on any atom is -0.481 e. The Morgan fingerprint density at radius 1 is 0.536 bits per heavy atom. The molecule has 2 aromatic carbocycles. The summed E-state index contributed by atoms with van der Waals surface area (Å²) in [5.74, 6) is -18.6. The molecule has 0 aliphatic carbocycles. The van der Waals surface area contributed by atoms with Gasteiger partial charge in [0, 0.05) is 68.7 Å². The van der Waals surface area contributed by atoms with Crippen LogP contribution in [0.1, 0.15) is 108 Å². The van der Waals surface area contributed by atoms with Gasteiger partial charge in [-0.15, -0.1) is 0 Å². The maximum atomic E-state index is 14.6. The molecular weight excluding hydrogens is 1480 g/mol. The highest BCUT2D eigenvalue weighted by atomic mass is 32.1. The van der Waals surface area contributed by atoms with Gasteiger partial charge in [-0.25, -0.2) is 4.98 Å². The fourth-order valence-corrected chi connectivity index (χ4v) is 12.6. The monoisotopic (exact) mass is 1580 g/mol. The number of carboxylic acids is 3. The first kappa shape index (κ1) is 89.7. The number of thiol groups is 2. The van der Waals surface area contributed by atoms with E-state index in [1.54, 1.807) is 60.7 Å². The Kier molecular flexibility index (Phi) is 36.3. The van der Waals surface area contributed by atoms with Gasteiger partial charge in [-0.05, 0) is 75.3 Å². The number of likely N-dealkylation sites (tertiary alicyclic amines) is 2. The van der Waals surface area contributed by atoms with Gasteiger partial charge in [-0.2, -0.15) is 25.3 Å². The number of amides is 13. The van der Waals surface area contributed by atoms with Crippen molar-refractivity contribution in [2.75, 3.05) is 31.1 Å². The number of aromatic nitrogens is 2. The molecule has 14 atom stereocenters.